The molecule has 1 atom stereocenters. The number of hydrogen-bond donors (Lipinski definition) is 1. The standard InChI is InChI=1S/C20H30N4O4S/c1-14(2)17(13-21)23-8-10-24(11-9-23)20(25)16-6-7-18(28-5)19(12-16)29(26,27)22-15(3)4/h6-7,12,14-15,17,22H,8-11H2,1-5H3. The van der Waals surface area contributed by atoms with E-state index in [4.69, 9.17) is 4.74 Å². The number of nitrogens with zero attached hydrogens (tertiary/aromatic N) is 3. The minimum Gasteiger partial charge on any atom is -0.495 e. The van der Waals surface area contributed by atoms with Crippen LogP contribution in [-0.4, -0.2) is 69.5 Å². The van der Waals surface area contributed by atoms with Gasteiger partial charge in [0.15, 0.2) is 0 Å². The van der Waals surface area contributed by atoms with Gasteiger partial charge in [0.2, 0.25) is 10.0 Å². The number of benzene rings is 1. The molecule has 1 amide bonds. The monoisotopic (exact) mass is 422 g/mol. The van der Waals surface area contributed by atoms with Crippen molar-refractivity contribution < 1.29 is 17.9 Å². The van der Waals surface area contributed by atoms with Gasteiger partial charge >= 0.3 is 0 Å². The second-order valence-electron chi connectivity index (χ2n) is 7.79. The van der Waals surface area contributed by atoms with Gasteiger partial charge in [-0.1, -0.05) is 13.8 Å². The summed E-state index contributed by atoms with van der Waals surface area (Å²) in [5.74, 6) is 0.171. The maximum absolute atomic E-state index is 13.0. The van der Waals surface area contributed by atoms with E-state index in [0.717, 1.165) is 0 Å². The number of hydrogen-bond acceptors (Lipinski definition) is 6. The van der Waals surface area contributed by atoms with Crippen LogP contribution in [0.5, 0.6) is 5.75 Å². The summed E-state index contributed by atoms with van der Waals surface area (Å²) >= 11 is 0. The molecule has 1 aliphatic heterocycles. The van der Waals surface area contributed by atoms with E-state index >= 15 is 0 Å². The smallest absolute Gasteiger partial charge is 0.253 e. The topological polar surface area (TPSA) is 103 Å². The van der Waals surface area contributed by atoms with Crippen LogP contribution in [0, 0.1) is 17.2 Å². The van der Waals surface area contributed by atoms with Crippen LogP contribution in [0.25, 0.3) is 0 Å². The highest BCUT2D eigenvalue weighted by Crippen LogP contribution is 2.26. The minimum atomic E-state index is -3.81. The molecule has 1 saturated heterocycles. The lowest BCUT2D eigenvalue weighted by atomic mass is 10.0. The van der Waals surface area contributed by atoms with Crippen molar-refractivity contribution >= 4 is 15.9 Å². The first-order valence-corrected chi connectivity index (χ1v) is 11.2. The highest BCUT2D eigenvalue weighted by Gasteiger charge is 2.29. The fraction of sp³-hybridized carbons (Fsp3) is 0.600. The molecular formula is C20H30N4O4S. The molecule has 8 nitrogen and oxygen atoms in total. The Bertz CT molecular complexity index is 869. The van der Waals surface area contributed by atoms with Crippen molar-refractivity contribution in [3.8, 4) is 11.8 Å². The highest BCUT2D eigenvalue weighted by atomic mass is 32.2. The number of carbonyl (C=O) groups is 1. The average molecular weight is 423 g/mol. The Morgan fingerprint density at radius 1 is 1.17 bits per heavy atom. The van der Waals surface area contributed by atoms with Crippen LogP contribution in [0.15, 0.2) is 23.1 Å². The molecule has 1 aromatic carbocycles. The van der Waals surface area contributed by atoms with Gasteiger partial charge in [-0.05, 0) is 38.0 Å². The summed E-state index contributed by atoms with van der Waals surface area (Å²) in [6.07, 6.45) is 0. The maximum Gasteiger partial charge on any atom is 0.253 e. The number of piperazine rings is 1. The van der Waals surface area contributed by atoms with E-state index in [1.807, 2.05) is 13.8 Å². The van der Waals surface area contributed by atoms with E-state index in [-0.39, 0.29) is 34.6 Å². The van der Waals surface area contributed by atoms with Crippen LogP contribution in [0.1, 0.15) is 38.1 Å². The Hall–Kier alpha value is -2.15. The minimum absolute atomic E-state index is 0.0532. The largest absolute Gasteiger partial charge is 0.495 e. The van der Waals surface area contributed by atoms with Crippen LogP contribution < -0.4 is 9.46 Å². The van der Waals surface area contributed by atoms with Gasteiger partial charge in [-0.15, -0.1) is 0 Å². The predicted octanol–water partition coefficient (Wildman–Crippen LogP) is 1.69. The molecule has 0 saturated carbocycles. The molecule has 1 aliphatic rings. The molecule has 160 valence electrons. The molecule has 9 heteroatoms. The molecule has 0 radical (unpaired) electrons. The average Bonchev–Trinajstić information content (AvgIpc) is 2.66. The fourth-order valence-corrected chi connectivity index (χ4v) is 4.88. The Balaban J connectivity index is 2.20. The van der Waals surface area contributed by atoms with Crippen molar-refractivity contribution in [2.24, 2.45) is 5.92 Å². The van der Waals surface area contributed by atoms with Crippen LogP contribution in [0.3, 0.4) is 0 Å². The molecule has 0 aliphatic carbocycles. The Kier molecular flexibility index (Phi) is 7.63. The molecular weight excluding hydrogens is 392 g/mol. The number of carbonyl (C=O) groups excluding carboxylic acids is 1. The van der Waals surface area contributed by atoms with Crippen LogP contribution in [0.4, 0.5) is 0 Å². The molecule has 29 heavy (non-hydrogen) atoms. The molecule has 1 aromatic rings. The van der Waals surface area contributed by atoms with Gasteiger partial charge in [0, 0.05) is 37.8 Å². The first-order valence-electron chi connectivity index (χ1n) is 9.74. The van der Waals surface area contributed by atoms with Gasteiger partial charge in [-0.2, -0.15) is 5.26 Å². The quantitative estimate of drug-likeness (QED) is 0.717. The third-order valence-corrected chi connectivity index (χ3v) is 6.53. The molecule has 1 fully saturated rings. The summed E-state index contributed by atoms with van der Waals surface area (Å²) in [4.78, 5) is 16.7. The first-order chi connectivity index (χ1) is 13.6. The maximum atomic E-state index is 13.0. The lowest BCUT2D eigenvalue weighted by Crippen LogP contribution is -2.52. The van der Waals surface area contributed by atoms with Crippen LogP contribution in [-0.2, 0) is 10.0 Å². The molecule has 1 N–H and O–H groups in total. The summed E-state index contributed by atoms with van der Waals surface area (Å²) in [7, 11) is -2.42. The van der Waals surface area contributed by atoms with E-state index in [1.165, 1.54) is 19.2 Å². The molecule has 0 aromatic heterocycles. The zero-order valence-electron chi connectivity index (χ0n) is 17.7. The SMILES string of the molecule is COc1ccc(C(=O)N2CCN(C(C#N)C(C)C)CC2)cc1S(=O)(=O)NC(C)C. The van der Waals surface area contributed by atoms with E-state index in [0.29, 0.717) is 31.7 Å². The van der Waals surface area contributed by atoms with Crippen molar-refractivity contribution in [3.63, 3.8) is 0 Å². The summed E-state index contributed by atoms with van der Waals surface area (Å²) in [5.41, 5.74) is 0.295. The zero-order chi connectivity index (χ0) is 21.8. The van der Waals surface area contributed by atoms with Gasteiger partial charge in [0.1, 0.15) is 16.7 Å². The number of nitrogens with one attached hydrogen (secondary N) is 1. The normalized spacial score (nSPS) is 16.7. The third kappa shape index (κ3) is 5.47. The highest BCUT2D eigenvalue weighted by molar-refractivity contribution is 7.89. The van der Waals surface area contributed by atoms with Crippen molar-refractivity contribution in [1.29, 1.82) is 5.26 Å². The number of amides is 1. The molecule has 1 unspecified atom stereocenters. The number of ether oxygens (including phenoxy) is 1. The van der Waals surface area contributed by atoms with Gasteiger partial charge < -0.3 is 9.64 Å². The molecule has 2 rings (SSSR count). The summed E-state index contributed by atoms with van der Waals surface area (Å²) in [5, 5.41) is 9.37. The lowest BCUT2D eigenvalue weighted by molar-refractivity contribution is 0.0576. The Labute approximate surface area is 173 Å². The first kappa shape index (κ1) is 23.1. The van der Waals surface area contributed by atoms with Crippen molar-refractivity contribution in [3.05, 3.63) is 23.8 Å². The summed E-state index contributed by atoms with van der Waals surface area (Å²) < 4.78 is 33.0. The van der Waals surface area contributed by atoms with E-state index in [2.05, 4.69) is 15.7 Å². The van der Waals surface area contributed by atoms with Gasteiger partial charge in [-0.3, -0.25) is 9.69 Å². The van der Waals surface area contributed by atoms with Gasteiger partial charge in [-0.25, -0.2) is 13.1 Å². The summed E-state index contributed by atoms with van der Waals surface area (Å²) in [6, 6.07) is 6.32. The van der Waals surface area contributed by atoms with Crippen molar-refractivity contribution in [2.45, 2.75) is 44.7 Å². The third-order valence-electron chi connectivity index (χ3n) is 4.85. The number of rotatable bonds is 7. The molecule has 0 bridgehead atoms. The van der Waals surface area contributed by atoms with E-state index in [9.17, 15) is 18.5 Å². The second kappa shape index (κ2) is 9.57. The van der Waals surface area contributed by atoms with Crippen LogP contribution >= 0.6 is 0 Å². The van der Waals surface area contributed by atoms with Crippen molar-refractivity contribution in [1.82, 2.24) is 14.5 Å². The summed E-state index contributed by atoms with van der Waals surface area (Å²) in [6.45, 7) is 9.67. The number of nitriles is 1. The number of methoxy groups -OCH3 is 1. The van der Waals surface area contributed by atoms with Gasteiger partial charge in [0.25, 0.3) is 5.91 Å². The lowest BCUT2D eigenvalue weighted by Gasteiger charge is -2.38. The molecule has 1 heterocycles. The van der Waals surface area contributed by atoms with E-state index < -0.39 is 10.0 Å². The zero-order valence-corrected chi connectivity index (χ0v) is 18.5. The van der Waals surface area contributed by atoms with Crippen molar-refractivity contribution in [2.75, 3.05) is 33.3 Å². The molecule has 0 spiro atoms. The van der Waals surface area contributed by atoms with Crippen LogP contribution in [0.2, 0.25) is 0 Å². The fourth-order valence-electron chi connectivity index (χ4n) is 3.43. The predicted molar refractivity (Wildman–Crippen MR) is 110 cm³/mol. The van der Waals surface area contributed by atoms with E-state index in [1.54, 1.807) is 24.8 Å². The second-order valence-corrected chi connectivity index (χ2v) is 9.47. The number of sulfonamides is 1. The Morgan fingerprint density at radius 2 is 1.79 bits per heavy atom. The van der Waals surface area contributed by atoms with Gasteiger partial charge in [0.05, 0.1) is 13.2 Å². The Morgan fingerprint density at radius 3 is 2.28 bits per heavy atom.